The van der Waals surface area contributed by atoms with Crippen LogP contribution < -0.4 is 5.32 Å². The first-order valence-corrected chi connectivity index (χ1v) is 5.69. The van der Waals surface area contributed by atoms with Gasteiger partial charge in [-0.2, -0.15) is 5.10 Å². The lowest BCUT2D eigenvalue weighted by molar-refractivity contribution is -0.141. The molecule has 0 radical (unpaired) electrons. The molecule has 7 heteroatoms. The number of carbonyl (C=O) groups is 1. The Morgan fingerprint density at radius 3 is 3.06 bits per heavy atom. The maximum absolute atomic E-state index is 10.7. The van der Waals surface area contributed by atoms with Crippen LogP contribution in [0.4, 0.5) is 5.82 Å². The van der Waals surface area contributed by atoms with Crippen molar-refractivity contribution in [1.82, 2.24) is 19.7 Å². The molecule has 18 heavy (non-hydrogen) atoms. The molecule has 0 aliphatic rings. The van der Waals surface area contributed by atoms with Gasteiger partial charge < -0.3 is 10.4 Å². The molecule has 0 amide bonds. The predicted molar refractivity (Wildman–Crippen MR) is 66.2 cm³/mol. The van der Waals surface area contributed by atoms with Gasteiger partial charge in [0, 0.05) is 13.6 Å². The monoisotopic (exact) mass is 249 g/mol. The van der Waals surface area contributed by atoms with Crippen LogP contribution in [0.3, 0.4) is 0 Å². The van der Waals surface area contributed by atoms with Gasteiger partial charge in [0.15, 0.2) is 5.65 Å². The van der Waals surface area contributed by atoms with Crippen molar-refractivity contribution in [3.8, 4) is 0 Å². The van der Waals surface area contributed by atoms with Crippen LogP contribution in [0.2, 0.25) is 0 Å². The Hall–Kier alpha value is -2.18. The molecule has 1 atom stereocenters. The number of rotatable bonds is 5. The van der Waals surface area contributed by atoms with Crippen molar-refractivity contribution in [2.45, 2.75) is 13.3 Å². The van der Waals surface area contributed by atoms with Crippen molar-refractivity contribution in [1.29, 1.82) is 0 Å². The maximum atomic E-state index is 10.7. The number of anilines is 1. The molecular weight excluding hydrogens is 234 g/mol. The van der Waals surface area contributed by atoms with Crippen LogP contribution in [0.25, 0.3) is 11.0 Å². The van der Waals surface area contributed by atoms with E-state index in [0.717, 1.165) is 11.0 Å². The Morgan fingerprint density at radius 2 is 2.33 bits per heavy atom. The lowest BCUT2D eigenvalue weighted by Gasteiger charge is -2.08. The van der Waals surface area contributed by atoms with E-state index in [1.807, 2.05) is 7.05 Å². The highest BCUT2D eigenvalue weighted by molar-refractivity contribution is 5.85. The van der Waals surface area contributed by atoms with Gasteiger partial charge in [0.1, 0.15) is 12.1 Å². The number of aryl methyl sites for hydroxylation is 1. The summed E-state index contributed by atoms with van der Waals surface area (Å²) in [4.78, 5) is 19.0. The molecule has 1 unspecified atom stereocenters. The molecule has 2 heterocycles. The SMILES string of the molecule is CC(CCNc1ncnc2c1cnn2C)C(=O)O. The summed E-state index contributed by atoms with van der Waals surface area (Å²) in [5.41, 5.74) is 0.749. The summed E-state index contributed by atoms with van der Waals surface area (Å²) in [6.07, 6.45) is 3.70. The fraction of sp³-hybridized carbons (Fsp3) is 0.455. The maximum Gasteiger partial charge on any atom is 0.306 e. The third-order valence-electron chi connectivity index (χ3n) is 2.82. The number of aliphatic carboxylic acids is 1. The summed E-state index contributed by atoms with van der Waals surface area (Å²) in [7, 11) is 1.81. The van der Waals surface area contributed by atoms with E-state index < -0.39 is 5.97 Å². The van der Waals surface area contributed by atoms with Crippen LogP contribution in [0.5, 0.6) is 0 Å². The molecule has 7 nitrogen and oxygen atoms in total. The number of aromatic nitrogens is 4. The van der Waals surface area contributed by atoms with Gasteiger partial charge in [-0.05, 0) is 6.42 Å². The molecule has 0 bridgehead atoms. The van der Waals surface area contributed by atoms with Crippen LogP contribution in [-0.4, -0.2) is 37.4 Å². The normalized spacial score (nSPS) is 12.6. The summed E-state index contributed by atoms with van der Waals surface area (Å²) < 4.78 is 1.67. The number of carboxylic acid groups (broad SMARTS) is 1. The Balaban J connectivity index is 2.06. The predicted octanol–water partition coefficient (Wildman–Crippen LogP) is 0.886. The average Bonchev–Trinajstić information content (AvgIpc) is 2.72. The van der Waals surface area contributed by atoms with Crippen molar-refractivity contribution < 1.29 is 9.90 Å². The number of hydrogen-bond donors (Lipinski definition) is 2. The molecule has 0 aliphatic heterocycles. The zero-order chi connectivity index (χ0) is 13.1. The first-order chi connectivity index (χ1) is 8.59. The number of nitrogens with zero attached hydrogens (tertiary/aromatic N) is 4. The van der Waals surface area contributed by atoms with Crippen LogP contribution in [0.15, 0.2) is 12.5 Å². The molecule has 0 aromatic carbocycles. The molecular formula is C11H15N5O2. The molecule has 0 saturated heterocycles. The highest BCUT2D eigenvalue weighted by Crippen LogP contribution is 2.17. The lowest BCUT2D eigenvalue weighted by Crippen LogP contribution is -2.15. The first-order valence-electron chi connectivity index (χ1n) is 5.69. The molecule has 2 aromatic rings. The van der Waals surface area contributed by atoms with E-state index in [-0.39, 0.29) is 5.92 Å². The Morgan fingerprint density at radius 1 is 1.56 bits per heavy atom. The molecule has 0 fully saturated rings. The quantitative estimate of drug-likeness (QED) is 0.817. The molecule has 2 rings (SSSR count). The van der Waals surface area contributed by atoms with Gasteiger partial charge in [-0.3, -0.25) is 9.48 Å². The second-order valence-corrected chi connectivity index (χ2v) is 4.18. The number of carboxylic acids is 1. The van der Waals surface area contributed by atoms with Gasteiger partial charge in [0.05, 0.1) is 17.5 Å². The van der Waals surface area contributed by atoms with Crippen molar-refractivity contribution in [3.63, 3.8) is 0 Å². The summed E-state index contributed by atoms with van der Waals surface area (Å²) in [6, 6.07) is 0. The highest BCUT2D eigenvalue weighted by Gasteiger charge is 2.11. The van der Waals surface area contributed by atoms with Gasteiger partial charge in [-0.15, -0.1) is 0 Å². The molecule has 0 saturated carbocycles. The number of nitrogens with one attached hydrogen (secondary N) is 1. The smallest absolute Gasteiger partial charge is 0.306 e. The largest absolute Gasteiger partial charge is 0.481 e. The van der Waals surface area contributed by atoms with Gasteiger partial charge in [0.25, 0.3) is 0 Å². The fourth-order valence-corrected chi connectivity index (χ4v) is 1.63. The Labute approximate surface area is 104 Å². The van der Waals surface area contributed by atoms with Gasteiger partial charge in [-0.1, -0.05) is 6.92 Å². The van der Waals surface area contributed by atoms with Crippen molar-refractivity contribution in [2.75, 3.05) is 11.9 Å². The standard InChI is InChI=1S/C11H15N5O2/c1-7(11(17)18)3-4-12-9-8-5-15-16(2)10(8)14-6-13-9/h5-7H,3-4H2,1-2H3,(H,17,18)(H,12,13,14). The van der Waals surface area contributed by atoms with E-state index in [0.29, 0.717) is 18.8 Å². The van der Waals surface area contributed by atoms with Gasteiger partial charge in [-0.25, -0.2) is 9.97 Å². The Kier molecular flexibility index (Phi) is 3.40. The number of fused-ring (bicyclic) bond motifs is 1. The van der Waals surface area contributed by atoms with E-state index in [4.69, 9.17) is 5.11 Å². The van der Waals surface area contributed by atoms with Gasteiger partial charge in [0.2, 0.25) is 0 Å². The van der Waals surface area contributed by atoms with Gasteiger partial charge >= 0.3 is 5.97 Å². The van der Waals surface area contributed by atoms with E-state index >= 15 is 0 Å². The average molecular weight is 249 g/mol. The van der Waals surface area contributed by atoms with E-state index in [1.165, 1.54) is 6.33 Å². The fourth-order valence-electron chi connectivity index (χ4n) is 1.63. The van der Waals surface area contributed by atoms with Crippen LogP contribution in [0, 0.1) is 5.92 Å². The summed E-state index contributed by atoms with van der Waals surface area (Å²) in [5, 5.41) is 16.9. The topological polar surface area (TPSA) is 92.9 Å². The first kappa shape index (κ1) is 12.3. The van der Waals surface area contributed by atoms with E-state index in [9.17, 15) is 4.79 Å². The van der Waals surface area contributed by atoms with E-state index in [2.05, 4.69) is 20.4 Å². The molecule has 2 N–H and O–H groups in total. The minimum atomic E-state index is -0.786. The van der Waals surface area contributed by atoms with Crippen molar-refractivity contribution >= 4 is 22.8 Å². The third-order valence-corrected chi connectivity index (χ3v) is 2.82. The zero-order valence-electron chi connectivity index (χ0n) is 10.3. The zero-order valence-corrected chi connectivity index (χ0v) is 10.3. The van der Waals surface area contributed by atoms with Crippen LogP contribution in [-0.2, 0) is 11.8 Å². The van der Waals surface area contributed by atoms with E-state index in [1.54, 1.807) is 17.8 Å². The van der Waals surface area contributed by atoms with Crippen LogP contribution in [0.1, 0.15) is 13.3 Å². The summed E-state index contributed by atoms with van der Waals surface area (Å²) >= 11 is 0. The van der Waals surface area contributed by atoms with Crippen molar-refractivity contribution in [2.24, 2.45) is 13.0 Å². The second-order valence-electron chi connectivity index (χ2n) is 4.18. The molecule has 0 aliphatic carbocycles. The molecule has 0 spiro atoms. The number of hydrogen-bond acceptors (Lipinski definition) is 5. The van der Waals surface area contributed by atoms with Crippen LogP contribution >= 0.6 is 0 Å². The molecule has 96 valence electrons. The third kappa shape index (κ3) is 2.39. The summed E-state index contributed by atoms with van der Waals surface area (Å²) in [6.45, 7) is 2.23. The minimum absolute atomic E-state index is 0.372. The highest BCUT2D eigenvalue weighted by atomic mass is 16.4. The second kappa shape index (κ2) is 4.99. The lowest BCUT2D eigenvalue weighted by atomic mass is 10.1. The Bertz CT molecular complexity index is 566. The van der Waals surface area contributed by atoms with Crippen molar-refractivity contribution in [3.05, 3.63) is 12.5 Å². The minimum Gasteiger partial charge on any atom is -0.481 e. The molecule has 2 aromatic heterocycles. The summed E-state index contributed by atoms with van der Waals surface area (Å²) in [5.74, 6) is -0.472.